The van der Waals surface area contributed by atoms with Crippen LogP contribution in [-0.4, -0.2) is 27.8 Å². The van der Waals surface area contributed by atoms with Crippen molar-refractivity contribution in [1.29, 1.82) is 0 Å². The van der Waals surface area contributed by atoms with Crippen molar-refractivity contribution >= 4 is 66.4 Å². The summed E-state index contributed by atoms with van der Waals surface area (Å²) in [7, 11) is 0. The maximum Gasteiger partial charge on any atom is 0.344 e. The van der Waals surface area contributed by atoms with Crippen LogP contribution in [0.1, 0.15) is 12.5 Å². The fraction of sp³-hybridized carbons (Fsp3) is 0.100. The molecule has 0 saturated heterocycles. The summed E-state index contributed by atoms with van der Waals surface area (Å²) in [5.41, 5.74) is 1.42. The Morgan fingerprint density at radius 3 is 2.43 bits per heavy atom. The molecule has 0 aliphatic carbocycles. The van der Waals surface area contributed by atoms with Gasteiger partial charge in [-0.1, -0.05) is 30.0 Å². The van der Waals surface area contributed by atoms with Gasteiger partial charge in [-0.2, -0.15) is 0 Å². The molecule has 2 N–H and O–H groups in total. The van der Waals surface area contributed by atoms with Crippen LogP contribution in [0, 0.1) is 0 Å². The molecule has 0 fully saturated rings. The molecule has 0 amide bonds. The number of esters is 1. The molecule has 0 atom stereocenters. The van der Waals surface area contributed by atoms with E-state index in [1.807, 2.05) is 30.3 Å². The molecule has 144 valence electrons. The van der Waals surface area contributed by atoms with Gasteiger partial charge in [0.25, 0.3) is 0 Å². The number of phenols is 1. The van der Waals surface area contributed by atoms with Gasteiger partial charge in [-0.05, 0) is 74.7 Å². The minimum Gasteiger partial charge on any atom is -0.506 e. The number of nitrogens with zero attached hydrogens (tertiary/aromatic N) is 1. The van der Waals surface area contributed by atoms with Gasteiger partial charge in [-0.15, -0.1) is 0 Å². The number of rotatable bonds is 4. The third-order valence-electron chi connectivity index (χ3n) is 3.69. The Hall–Kier alpha value is -2.03. The van der Waals surface area contributed by atoms with Crippen molar-refractivity contribution in [1.82, 2.24) is 0 Å². The molecule has 2 aromatic carbocycles. The zero-order valence-electron chi connectivity index (χ0n) is 14.6. The lowest BCUT2D eigenvalue weighted by atomic mass is 10.1. The first-order valence-electron chi connectivity index (χ1n) is 8.23. The number of carbonyl (C=O) groups is 1. The van der Waals surface area contributed by atoms with E-state index in [0.29, 0.717) is 24.6 Å². The largest absolute Gasteiger partial charge is 0.506 e. The molecule has 1 aliphatic heterocycles. The Balaban J connectivity index is 2.06. The molecule has 1 heterocycles. The molecular weight excluding hydrogens is 510 g/mol. The Morgan fingerprint density at radius 2 is 1.82 bits per heavy atom. The number of aliphatic imine (C=N–C) groups is 1. The van der Waals surface area contributed by atoms with Crippen molar-refractivity contribution in [2.24, 2.45) is 4.99 Å². The smallest absolute Gasteiger partial charge is 0.344 e. The summed E-state index contributed by atoms with van der Waals surface area (Å²) in [6, 6.07) is 12.6. The average Bonchev–Trinajstić information content (AvgIpc) is 2.95. The number of hydrogen-bond acceptors (Lipinski definition) is 6. The topological polar surface area (TPSA) is 79.1 Å². The molecule has 0 unspecified atom stereocenters. The molecule has 0 bridgehead atoms. The van der Waals surface area contributed by atoms with E-state index in [4.69, 9.17) is 4.74 Å². The summed E-state index contributed by atoms with van der Waals surface area (Å²) in [6.07, 6.45) is 1.71. The third kappa shape index (κ3) is 4.51. The van der Waals surface area contributed by atoms with E-state index < -0.39 is 5.97 Å². The third-order valence-corrected chi connectivity index (χ3v) is 5.92. The summed E-state index contributed by atoms with van der Waals surface area (Å²) in [4.78, 5) is 17.4. The first-order valence-corrected chi connectivity index (χ1v) is 10.6. The highest BCUT2D eigenvalue weighted by Crippen LogP contribution is 2.41. The summed E-state index contributed by atoms with van der Waals surface area (Å²) in [5.74, 6) is -0.725. The average molecular weight is 525 g/mol. The Morgan fingerprint density at radius 1 is 1.18 bits per heavy atom. The zero-order valence-corrected chi connectivity index (χ0v) is 18.6. The zero-order chi connectivity index (χ0) is 20.3. The molecular formula is C20H15Br2NO4S. The second-order valence-corrected chi connectivity index (χ2v) is 8.38. The van der Waals surface area contributed by atoms with Crippen LogP contribution in [0.3, 0.4) is 0 Å². The molecule has 0 spiro atoms. The standard InChI is InChI=1S/C20H15Br2NO4S/c1-2-27-20(26)16-18(25)15(10-11-8-13(21)17(24)14(22)9-11)28-19(16)23-12-6-4-3-5-7-12/h3-10,24-25H,2H2,1H3/b15-10-,23-19?. The molecule has 0 aromatic heterocycles. The predicted octanol–water partition coefficient (Wildman–Crippen LogP) is 6.11. The van der Waals surface area contributed by atoms with Crippen LogP contribution in [-0.2, 0) is 9.53 Å². The Kier molecular flexibility index (Phi) is 6.64. The van der Waals surface area contributed by atoms with Crippen LogP contribution < -0.4 is 0 Å². The first-order chi connectivity index (χ1) is 13.4. The van der Waals surface area contributed by atoms with Crippen LogP contribution in [0.15, 0.2) is 72.6 Å². The van der Waals surface area contributed by atoms with Crippen LogP contribution >= 0.6 is 43.6 Å². The number of halogens is 2. The minimum atomic E-state index is -0.626. The number of aliphatic hydroxyl groups excluding tert-OH is 1. The number of aliphatic hydroxyl groups is 1. The van der Waals surface area contributed by atoms with Crippen LogP contribution in [0.25, 0.3) is 6.08 Å². The maximum atomic E-state index is 12.4. The van der Waals surface area contributed by atoms with Gasteiger partial charge in [0.05, 0.1) is 26.1 Å². The summed E-state index contributed by atoms with van der Waals surface area (Å²) in [6.45, 7) is 1.89. The van der Waals surface area contributed by atoms with Crippen molar-refractivity contribution in [3.05, 3.63) is 73.2 Å². The summed E-state index contributed by atoms with van der Waals surface area (Å²) in [5, 5.41) is 20.9. The Labute approximate surface area is 183 Å². The van der Waals surface area contributed by atoms with E-state index in [1.54, 1.807) is 25.1 Å². The number of hydrogen-bond donors (Lipinski definition) is 2. The quantitative estimate of drug-likeness (QED) is 0.471. The maximum absolute atomic E-state index is 12.4. The van der Waals surface area contributed by atoms with Gasteiger partial charge < -0.3 is 14.9 Å². The van der Waals surface area contributed by atoms with E-state index >= 15 is 0 Å². The van der Waals surface area contributed by atoms with Crippen LogP contribution in [0.2, 0.25) is 0 Å². The lowest BCUT2D eigenvalue weighted by molar-refractivity contribution is -0.138. The van der Waals surface area contributed by atoms with Crippen molar-refractivity contribution < 1.29 is 19.7 Å². The van der Waals surface area contributed by atoms with E-state index in [0.717, 1.165) is 5.56 Å². The predicted molar refractivity (Wildman–Crippen MR) is 119 cm³/mol. The van der Waals surface area contributed by atoms with Gasteiger partial charge in [-0.25, -0.2) is 9.79 Å². The number of aromatic hydroxyl groups is 1. The highest BCUT2D eigenvalue weighted by Gasteiger charge is 2.33. The van der Waals surface area contributed by atoms with Crippen molar-refractivity contribution in [2.45, 2.75) is 6.92 Å². The minimum absolute atomic E-state index is 0.0406. The van der Waals surface area contributed by atoms with Gasteiger partial charge in [0.15, 0.2) is 0 Å². The van der Waals surface area contributed by atoms with E-state index in [9.17, 15) is 15.0 Å². The van der Waals surface area contributed by atoms with Crippen molar-refractivity contribution in [3.8, 4) is 5.75 Å². The molecule has 8 heteroatoms. The fourth-order valence-electron chi connectivity index (χ4n) is 2.43. The second kappa shape index (κ2) is 8.98. The SMILES string of the molecule is CCOC(=O)C1=C(O)/C(=C/c2cc(Br)c(O)c(Br)c2)SC1=Nc1ccccc1. The number of ether oxygens (including phenoxy) is 1. The van der Waals surface area contributed by atoms with Crippen molar-refractivity contribution in [3.63, 3.8) is 0 Å². The highest BCUT2D eigenvalue weighted by molar-refractivity contribution is 9.11. The lowest BCUT2D eigenvalue weighted by Gasteiger charge is -2.04. The van der Waals surface area contributed by atoms with Gasteiger partial charge in [0.2, 0.25) is 0 Å². The highest BCUT2D eigenvalue weighted by atomic mass is 79.9. The van der Waals surface area contributed by atoms with Gasteiger partial charge in [0.1, 0.15) is 22.1 Å². The van der Waals surface area contributed by atoms with E-state index in [1.165, 1.54) is 11.8 Å². The molecule has 1 aliphatic rings. The number of thioether (sulfide) groups is 1. The second-order valence-electron chi connectivity index (χ2n) is 5.64. The lowest BCUT2D eigenvalue weighted by Crippen LogP contribution is -2.12. The normalized spacial score (nSPS) is 16.8. The van der Waals surface area contributed by atoms with E-state index in [-0.39, 0.29) is 23.7 Å². The van der Waals surface area contributed by atoms with Crippen molar-refractivity contribution in [2.75, 3.05) is 6.61 Å². The fourth-order valence-corrected chi connectivity index (χ4v) is 4.69. The molecule has 3 rings (SSSR count). The van der Waals surface area contributed by atoms with Gasteiger partial charge in [-0.3, -0.25) is 0 Å². The van der Waals surface area contributed by atoms with Crippen LogP contribution in [0.5, 0.6) is 5.75 Å². The monoisotopic (exact) mass is 523 g/mol. The number of benzene rings is 2. The molecule has 0 radical (unpaired) electrons. The summed E-state index contributed by atoms with van der Waals surface area (Å²) >= 11 is 7.75. The molecule has 2 aromatic rings. The molecule has 28 heavy (non-hydrogen) atoms. The van der Waals surface area contributed by atoms with E-state index in [2.05, 4.69) is 36.9 Å². The number of para-hydroxylation sites is 1. The number of phenolic OH excluding ortho intramolecular Hbond substituents is 1. The van der Waals surface area contributed by atoms with Gasteiger partial charge in [0, 0.05) is 0 Å². The van der Waals surface area contributed by atoms with Gasteiger partial charge >= 0.3 is 5.97 Å². The Bertz CT molecular complexity index is 993. The molecule has 5 nitrogen and oxygen atoms in total. The van der Waals surface area contributed by atoms with Crippen LogP contribution in [0.4, 0.5) is 5.69 Å². The summed E-state index contributed by atoms with van der Waals surface area (Å²) < 4.78 is 6.10. The first kappa shape index (κ1) is 20.7. The molecule has 0 saturated carbocycles. The number of carbonyl (C=O) groups excluding carboxylic acids is 1.